The molecule has 0 aromatic rings. The fourth-order valence-corrected chi connectivity index (χ4v) is 4.84. The highest BCUT2D eigenvalue weighted by molar-refractivity contribution is 5.69. The zero-order valence-electron chi connectivity index (χ0n) is 26.4. The van der Waals surface area contributed by atoms with E-state index in [0.29, 0.717) is 26.1 Å². The van der Waals surface area contributed by atoms with Gasteiger partial charge in [-0.25, -0.2) is 0 Å². The summed E-state index contributed by atoms with van der Waals surface area (Å²) in [4.78, 5) is 22.5. The molecule has 0 radical (unpaired) electrons. The van der Waals surface area contributed by atoms with E-state index in [1.165, 1.54) is 64.2 Å². The number of unbranched alkanes of at least 4 members (excludes halogenated alkanes) is 16. The van der Waals surface area contributed by atoms with E-state index < -0.39 is 0 Å². The zero-order valence-corrected chi connectivity index (χ0v) is 26.4. The molecular weight excluding hydrogens is 500 g/mol. The highest BCUT2D eigenvalue weighted by Crippen LogP contribution is 2.15. The Hall–Kier alpha value is -1.62. The second-order valence-corrected chi connectivity index (χ2v) is 11.1. The number of hydrogen-bond acceptors (Lipinski definition) is 5. The van der Waals surface area contributed by atoms with Gasteiger partial charge in [-0.05, 0) is 90.9 Å². The molecule has 0 fully saturated rings. The van der Waals surface area contributed by atoms with Gasteiger partial charge in [-0.1, -0.05) is 88.5 Å². The van der Waals surface area contributed by atoms with Gasteiger partial charge in [-0.3, -0.25) is 9.59 Å². The summed E-state index contributed by atoms with van der Waals surface area (Å²) in [6, 6.07) is 0. The first-order chi connectivity index (χ1) is 19.6. The summed E-state index contributed by atoms with van der Waals surface area (Å²) >= 11 is 0. The molecule has 40 heavy (non-hydrogen) atoms. The molecule has 0 atom stereocenters. The molecule has 0 bridgehead atoms. The van der Waals surface area contributed by atoms with Crippen LogP contribution in [0.4, 0.5) is 0 Å². The van der Waals surface area contributed by atoms with Crippen molar-refractivity contribution in [1.82, 2.24) is 0 Å². The highest BCUT2D eigenvalue weighted by atomic mass is 16.5. The number of carbonyl (C=O) groups is 2. The minimum atomic E-state index is -0.107. The lowest BCUT2D eigenvalue weighted by Gasteiger charge is -2.10. The largest absolute Gasteiger partial charge is 0.466 e. The predicted molar refractivity (Wildman–Crippen MR) is 168 cm³/mol. The Balaban J connectivity index is 3.29. The molecule has 0 aliphatic rings. The van der Waals surface area contributed by atoms with E-state index in [1.807, 2.05) is 13.8 Å². The van der Waals surface area contributed by atoms with E-state index in [-0.39, 0.29) is 18.0 Å². The third-order valence-electron chi connectivity index (χ3n) is 7.26. The van der Waals surface area contributed by atoms with Crippen molar-refractivity contribution >= 4 is 11.9 Å². The van der Waals surface area contributed by atoms with Crippen molar-refractivity contribution in [1.29, 1.82) is 0 Å². The molecule has 1 N–H and O–H groups in total. The molecular formula is C35H64O5. The predicted octanol–water partition coefficient (Wildman–Crippen LogP) is 9.95. The molecule has 0 aromatic carbocycles. The van der Waals surface area contributed by atoms with E-state index in [4.69, 9.17) is 9.47 Å². The monoisotopic (exact) mass is 564 g/mol. The molecule has 0 saturated heterocycles. The molecule has 0 amide bonds. The molecule has 0 spiro atoms. The average molecular weight is 565 g/mol. The first-order valence-electron chi connectivity index (χ1n) is 16.9. The van der Waals surface area contributed by atoms with Crippen LogP contribution in [0.15, 0.2) is 24.3 Å². The fourth-order valence-electron chi connectivity index (χ4n) is 4.84. The average Bonchev–Trinajstić information content (AvgIpc) is 2.93. The van der Waals surface area contributed by atoms with Crippen molar-refractivity contribution in [2.24, 2.45) is 0 Å². The Morgan fingerprint density at radius 2 is 0.800 bits per heavy atom. The third kappa shape index (κ3) is 30.9. The van der Waals surface area contributed by atoms with Crippen molar-refractivity contribution in [3.63, 3.8) is 0 Å². The van der Waals surface area contributed by atoms with Crippen LogP contribution < -0.4 is 0 Å². The second kappa shape index (κ2) is 31.9. The van der Waals surface area contributed by atoms with Gasteiger partial charge >= 0.3 is 11.9 Å². The van der Waals surface area contributed by atoms with Crippen LogP contribution in [0.2, 0.25) is 0 Å². The lowest BCUT2D eigenvalue weighted by Crippen LogP contribution is -2.05. The number of hydrogen-bond donors (Lipinski definition) is 1. The molecule has 0 aliphatic heterocycles. The van der Waals surface area contributed by atoms with E-state index >= 15 is 0 Å². The minimum absolute atomic E-state index is 0.0724. The molecule has 5 nitrogen and oxygen atoms in total. The van der Waals surface area contributed by atoms with Gasteiger partial charge < -0.3 is 14.6 Å². The summed E-state index contributed by atoms with van der Waals surface area (Å²) in [6.07, 6.45) is 35.5. The van der Waals surface area contributed by atoms with Gasteiger partial charge in [-0.15, -0.1) is 0 Å². The van der Waals surface area contributed by atoms with E-state index in [2.05, 4.69) is 24.3 Å². The van der Waals surface area contributed by atoms with Crippen molar-refractivity contribution < 1.29 is 24.2 Å². The van der Waals surface area contributed by atoms with E-state index in [9.17, 15) is 14.7 Å². The summed E-state index contributed by atoms with van der Waals surface area (Å²) in [5.74, 6) is -0.145. The maximum Gasteiger partial charge on any atom is 0.305 e. The number of aliphatic hydroxyl groups excluding tert-OH is 1. The number of esters is 2. The number of aliphatic hydroxyl groups is 1. The molecule has 0 saturated carbocycles. The van der Waals surface area contributed by atoms with Crippen LogP contribution in [-0.4, -0.2) is 36.4 Å². The molecule has 234 valence electrons. The molecule has 0 heterocycles. The molecule has 0 aliphatic carbocycles. The standard InChI is InChI=1S/C35H64O5/c1-3-39-34(37)31-27-23-19-15-11-7-5-9-13-17-21-25-29-33(36)30-26-22-18-14-10-6-8-12-16-20-24-28-32-35(38)40-4-2/h11-12,15-16,33,36H,3-10,13-14,17-32H2,1-2H3/b15-11-,16-12-. The maximum atomic E-state index is 11.3. The zero-order chi connectivity index (χ0) is 29.4. The van der Waals surface area contributed by atoms with Crippen molar-refractivity contribution in [2.75, 3.05) is 13.2 Å². The van der Waals surface area contributed by atoms with Crippen molar-refractivity contribution in [3.8, 4) is 0 Å². The van der Waals surface area contributed by atoms with Gasteiger partial charge in [0.15, 0.2) is 0 Å². The Kier molecular flexibility index (Phi) is 30.6. The quantitative estimate of drug-likeness (QED) is 0.0534. The topological polar surface area (TPSA) is 72.8 Å². The van der Waals surface area contributed by atoms with E-state index in [1.54, 1.807) is 0 Å². The maximum absolute atomic E-state index is 11.3. The fraction of sp³-hybridized carbons (Fsp3) is 0.829. The first-order valence-corrected chi connectivity index (χ1v) is 16.9. The summed E-state index contributed by atoms with van der Waals surface area (Å²) in [6.45, 7) is 4.65. The number of carbonyl (C=O) groups excluding carboxylic acids is 2. The van der Waals surface area contributed by atoms with Gasteiger partial charge in [0.05, 0.1) is 19.3 Å². The van der Waals surface area contributed by atoms with Gasteiger partial charge in [-0.2, -0.15) is 0 Å². The molecule has 0 aromatic heterocycles. The Labute approximate surface area is 247 Å². The van der Waals surface area contributed by atoms with Crippen LogP contribution in [-0.2, 0) is 19.1 Å². The van der Waals surface area contributed by atoms with Gasteiger partial charge in [0.25, 0.3) is 0 Å². The van der Waals surface area contributed by atoms with Crippen LogP contribution in [0.25, 0.3) is 0 Å². The Morgan fingerprint density at radius 1 is 0.500 bits per heavy atom. The molecule has 0 unspecified atom stereocenters. The third-order valence-corrected chi connectivity index (χ3v) is 7.26. The SMILES string of the molecule is CCOC(=O)CCCC/C=C\CCCCCCCCC(O)CCCCCCCC/C=C\CCCCC(=O)OCC. The summed E-state index contributed by atoms with van der Waals surface area (Å²) in [5, 5.41) is 10.2. The van der Waals surface area contributed by atoms with Gasteiger partial charge in [0, 0.05) is 12.8 Å². The summed E-state index contributed by atoms with van der Waals surface area (Å²) < 4.78 is 9.87. The lowest BCUT2D eigenvalue weighted by molar-refractivity contribution is -0.144. The van der Waals surface area contributed by atoms with Gasteiger partial charge in [0.1, 0.15) is 0 Å². The minimum Gasteiger partial charge on any atom is -0.466 e. The molecule has 0 rings (SSSR count). The van der Waals surface area contributed by atoms with Crippen LogP contribution in [0.1, 0.15) is 168 Å². The normalized spacial score (nSPS) is 11.7. The molecule has 5 heteroatoms. The van der Waals surface area contributed by atoms with Crippen LogP contribution >= 0.6 is 0 Å². The Bertz CT molecular complexity index is 561. The van der Waals surface area contributed by atoms with Crippen molar-refractivity contribution in [3.05, 3.63) is 24.3 Å². The summed E-state index contributed by atoms with van der Waals surface area (Å²) in [7, 11) is 0. The smallest absolute Gasteiger partial charge is 0.305 e. The summed E-state index contributed by atoms with van der Waals surface area (Å²) in [5.41, 5.74) is 0. The number of ether oxygens (including phenoxy) is 2. The van der Waals surface area contributed by atoms with Crippen molar-refractivity contribution in [2.45, 2.75) is 174 Å². The lowest BCUT2D eigenvalue weighted by atomic mass is 10.0. The van der Waals surface area contributed by atoms with Crippen LogP contribution in [0, 0.1) is 0 Å². The highest BCUT2D eigenvalue weighted by Gasteiger charge is 2.04. The first kappa shape index (κ1) is 38.4. The number of rotatable bonds is 30. The van der Waals surface area contributed by atoms with E-state index in [0.717, 1.165) is 77.0 Å². The van der Waals surface area contributed by atoms with Crippen LogP contribution in [0.5, 0.6) is 0 Å². The Morgan fingerprint density at radius 3 is 1.15 bits per heavy atom. The van der Waals surface area contributed by atoms with Crippen LogP contribution in [0.3, 0.4) is 0 Å². The van der Waals surface area contributed by atoms with Gasteiger partial charge in [0.2, 0.25) is 0 Å². The number of allylic oxidation sites excluding steroid dienone is 4. The second-order valence-electron chi connectivity index (χ2n) is 11.1.